The molecule has 1 aromatic carbocycles. The Hall–Kier alpha value is -1.75. The lowest BCUT2D eigenvalue weighted by atomic mass is 9.55. The first-order chi connectivity index (χ1) is 15.6. The van der Waals surface area contributed by atoms with Gasteiger partial charge in [-0.1, -0.05) is 13.0 Å². The predicted octanol–water partition coefficient (Wildman–Crippen LogP) is 0.496. The molecule has 0 unspecified atom stereocenters. The number of aliphatic carboxylic acids is 1. The van der Waals surface area contributed by atoms with Crippen LogP contribution in [0.1, 0.15) is 49.7 Å². The number of aliphatic hydroxyl groups is 4. The van der Waals surface area contributed by atoms with Crippen LogP contribution in [0.15, 0.2) is 18.2 Å². The number of ether oxygens (including phenoxy) is 2. The van der Waals surface area contributed by atoms with Gasteiger partial charge in [0.25, 0.3) is 0 Å². The number of rotatable bonds is 3. The number of carboxylic acid groups (broad SMARTS) is 1. The van der Waals surface area contributed by atoms with E-state index in [-0.39, 0.29) is 11.7 Å². The first kappa shape index (κ1) is 23.0. The standard InChI is InChI=1S/C24H32O9/c1-24-7-6-13-12-5-3-11(25)8-10(12)2-4-14(13)15(24)9-16(21(24)29)32-23-19(28)17(26)18(27)20(33-23)22(30)31/h3,5,8,13-21,23,25-29H,2,4,6-7,9H2,1H3,(H,30,31)/t13-,14-,15+,16+,17+,18+,19-,20+,21-,23-,24+/m0/s1. The number of carboxylic acids is 1. The van der Waals surface area contributed by atoms with Gasteiger partial charge < -0.3 is 40.1 Å². The summed E-state index contributed by atoms with van der Waals surface area (Å²) in [4.78, 5) is 11.4. The van der Waals surface area contributed by atoms with Gasteiger partial charge in [-0.2, -0.15) is 0 Å². The van der Waals surface area contributed by atoms with Crippen molar-refractivity contribution in [2.75, 3.05) is 0 Å². The summed E-state index contributed by atoms with van der Waals surface area (Å²) in [6.07, 6.45) is -5.89. The highest BCUT2D eigenvalue weighted by Crippen LogP contribution is 2.61. The van der Waals surface area contributed by atoms with Gasteiger partial charge in [-0.3, -0.25) is 0 Å². The fourth-order valence-corrected chi connectivity index (χ4v) is 7.00. The van der Waals surface area contributed by atoms with E-state index in [0.717, 1.165) is 25.7 Å². The molecule has 5 rings (SSSR count). The zero-order valence-corrected chi connectivity index (χ0v) is 18.4. The van der Waals surface area contributed by atoms with E-state index in [2.05, 4.69) is 6.92 Å². The number of benzene rings is 1. The number of aryl methyl sites for hydroxylation is 1. The number of carbonyl (C=O) groups is 1. The van der Waals surface area contributed by atoms with E-state index in [0.29, 0.717) is 18.3 Å². The molecule has 3 aliphatic carbocycles. The summed E-state index contributed by atoms with van der Waals surface area (Å²) in [6, 6.07) is 5.58. The van der Waals surface area contributed by atoms with Crippen molar-refractivity contribution in [2.45, 2.75) is 87.9 Å². The van der Waals surface area contributed by atoms with E-state index >= 15 is 0 Å². The Labute approximate surface area is 191 Å². The van der Waals surface area contributed by atoms with Crippen LogP contribution in [0.2, 0.25) is 0 Å². The van der Waals surface area contributed by atoms with E-state index < -0.39 is 54.3 Å². The van der Waals surface area contributed by atoms with E-state index in [1.807, 2.05) is 12.1 Å². The molecule has 182 valence electrons. The fourth-order valence-electron chi connectivity index (χ4n) is 7.00. The van der Waals surface area contributed by atoms with Crippen molar-refractivity contribution in [3.05, 3.63) is 29.3 Å². The summed E-state index contributed by atoms with van der Waals surface area (Å²) in [6.45, 7) is 2.06. The molecule has 6 N–H and O–H groups in total. The van der Waals surface area contributed by atoms with E-state index in [9.17, 15) is 35.4 Å². The van der Waals surface area contributed by atoms with Crippen molar-refractivity contribution >= 4 is 5.97 Å². The third-order valence-electron chi connectivity index (χ3n) is 8.78. The second kappa shape index (κ2) is 8.18. The molecule has 0 aromatic heterocycles. The lowest BCUT2D eigenvalue weighted by Gasteiger charge is -2.49. The van der Waals surface area contributed by atoms with Gasteiger partial charge in [0, 0.05) is 0 Å². The van der Waals surface area contributed by atoms with Gasteiger partial charge in [0.1, 0.15) is 24.1 Å². The summed E-state index contributed by atoms with van der Waals surface area (Å²) in [5, 5.41) is 60.7. The second-order valence-corrected chi connectivity index (χ2v) is 10.4. The quantitative estimate of drug-likeness (QED) is 0.375. The van der Waals surface area contributed by atoms with Gasteiger partial charge in [0.05, 0.1) is 12.2 Å². The molecule has 9 nitrogen and oxygen atoms in total. The fraction of sp³-hybridized carbons (Fsp3) is 0.708. The van der Waals surface area contributed by atoms with Gasteiger partial charge >= 0.3 is 5.97 Å². The molecule has 0 spiro atoms. The van der Waals surface area contributed by atoms with E-state index in [1.54, 1.807) is 6.07 Å². The molecule has 2 saturated carbocycles. The molecule has 0 radical (unpaired) electrons. The molecule has 1 saturated heterocycles. The number of fused-ring (bicyclic) bond motifs is 5. The first-order valence-corrected chi connectivity index (χ1v) is 11.7. The number of hydrogen-bond donors (Lipinski definition) is 6. The zero-order chi connectivity index (χ0) is 23.7. The minimum Gasteiger partial charge on any atom is -0.508 e. The van der Waals surface area contributed by atoms with Crippen LogP contribution in [0.4, 0.5) is 0 Å². The van der Waals surface area contributed by atoms with E-state index in [4.69, 9.17) is 9.47 Å². The van der Waals surface area contributed by atoms with Crippen LogP contribution in [-0.2, 0) is 20.7 Å². The lowest BCUT2D eigenvalue weighted by Crippen LogP contribution is -2.61. The highest BCUT2D eigenvalue weighted by Gasteiger charge is 2.59. The minimum absolute atomic E-state index is 0.157. The first-order valence-electron chi connectivity index (χ1n) is 11.7. The predicted molar refractivity (Wildman–Crippen MR) is 113 cm³/mol. The largest absolute Gasteiger partial charge is 0.508 e. The van der Waals surface area contributed by atoms with Crippen LogP contribution < -0.4 is 0 Å². The van der Waals surface area contributed by atoms with Crippen molar-refractivity contribution in [1.82, 2.24) is 0 Å². The monoisotopic (exact) mass is 464 g/mol. The normalized spacial score (nSPS) is 46.8. The number of aliphatic hydroxyl groups excluding tert-OH is 4. The van der Waals surface area contributed by atoms with Crippen molar-refractivity contribution < 1.29 is 44.9 Å². The topological polar surface area (TPSA) is 157 Å². The maximum absolute atomic E-state index is 11.4. The molecule has 1 aliphatic heterocycles. The number of aromatic hydroxyl groups is 1. The Bertz CT molecular complexity index is 921. The van der Waals surface area contributed by atoms with Crippen LogP contribution in [0.5, 0.6) is 5.75 Å². The summed E-state index contributed by atoms with van der Waals surface area (Å²) in [7, 11) is 0. The van der Waals surface area contributed by atoms with Crippen LogP contribution >= 0.6 is 0 Å². The van der Waals surface area contributed by atoms with Crippen LogP contribution in [0, 0.1) is 17.3 Å². The molecule has 0 amide bonds. The molecule has 4 aliphatic rings. The van der Waals surface area contributed by atoms with Crippen molar-refractivity contribution in [2.24, 2.45) is 17.3 Å². The zero-order valence-electron chi connectivity index (χ0n) is 18.4. The molecule has 3 fully saturated rings. The third-order valence-corrected chi connectivity index (χ3v) is 8.78. The Morgan fingerprint density at radius 3 is 2.61 bits per heavy atom. The Morgan fingerprint density at radius 2 is 1.88 bits per heavy atom. The minimum atomic E-state index is -1.78. The Kier molecular flexibility index (Phi) is 5.70. The number of hydrogen-bond acceptors (Lipinski definition) is 8. The van der Waals surface area contributed by atoms with Gasteiger partial charge in [0.2, 0.25) is 0 Å². The van der Waals surface area contributed by atoms with Gasteiger partial charge in [-0.15, -0.1) is 0 Å². The molecule has 1 heterocycles. The van der Waals surface area contributed by atoms with Crippen LogP contribution in [0.3, 0.4) is 0 Å². The summed E-state index contributed by atoms with van der Waals surface area (Å²) >= 11 is 0. The maximum Gasteiger partial charge on any atom is 0.335 e. The highest BCUT2D eigenvalue weighted by atomic mass is 16.7. The molecule has 11 atom stereocenters. The van der Waals surface area contributed by atoms with Gasteiger partial charge in [-0.25, -0.2) is 4.79 Å². The smallest absolute Gasteiger partial charge is 0.335 e. The molecular formula is C24H32O9. The van der Waals surface area contributed by atoms with Crippen molar-refractivity contribution in [3.8, 4) is 5.75 Å². The average Bonchev–Trinajstić information content (AvgIpc) is 3.03. The van der Waals surface area contributed by atoms with Crippen LogP contribution in [0.25, 0.3) is 0 Å². The average molecular weight is 465 g/mol. The summed E-state index contributed by atoms with van der Waals surface area (Å²) in [5.74, 6) is -0.367. The molecule has 33 heavy (non-hydrogen) atoms. The summed E-state index contributed by atoms with van der Waals surface area (Å²) < 4.78 is 11.2. The van der Waals surface area contributed by atoms with Gasteiger partial charge in [0.15, 0.2) is 12.4 Å². The van der Waals surface area contributed by atoms with Crippen molar-refractivity contribution in [3.63, 3.8) is 0 Å². The van der Waals surface area contributed by atoms with E-state index in [1.165, 1.54) is 11.1 Å². The second-order valence-electron chi connectivity index (χ2n) is 10.4. The maximum atomic E-state index is 11.4. The molecule has 1 aromatic rings. The van der Waals surface area contributed by atoms with Gasteiger partial charge in [-0.05, 0) is 78.5 Å². The Morgan fingerprint density at radius 1 is 1.12 bits per heavy atom. The molecule has 0 bridgehead atoms. The lowest BCUT2D eigenvalue weighted by molar-refractivity contribution is -0.309. The van der Waals surface area contributed by atoms with Crippen molar-refractivity contribution in [1.29, 1.82) is 0 Å². The SMILES string of the molecule is C[C@@]12CC[C@H]3c4ccc(O)cc4CC[C@@H]3[C@H]1C[C@@H](O[C@H]1O[C@@H](C(=O)O)[C@H](O)[C@@H](O)[C@@H]1O)[C@@H]2O. The highest BCUT2D eigenvalue weighted by molar-refractivity contribution is 5.73. The Balaban J connectivity index is 1.36. The van der Waals surface area contributed by atoms with Crippen LogP contribution in [-0.4, -0.2) is 79.5 Å². The number of phenols is 1. The number of phenolic OH excluding ortho intramolecular Hbond substituents is 1. The summed E-state index contributed by atoms with van der Waals surface area (Å²) in [5.41, 5.74) is 2.04. The third kappa shape index (κ3) is 3.57. The molecular weight excluding hydrogens is 432 g/mol. The molecule has 9 heteroatoms.